The fourth-order valence-electron chi connectivity index (χ4n) is 2.52. The van der Waals surface area contributed by atoms with Gasteiger partial charge in [-0.25, -0.2) is 0 Å². The lowest BCUT2D eigenvalue weighted by molar-refractivity contribution is -0.120. The highest BCUT2D eigenvalue weighted by atomic mass is 16.3. The number of hydrogen-bond donors (Lipinski definition) is 3. The van der Waals surface area contributed by atoms with Crippen LogP contribution in [0.15, 0.2) is 22.8 Å². The fourth-order valence-corrected chi connectivity index (χ4v) is 2.52. The van der Waals surface area contributed by atoms with Gasteiger partial charge in [0.15, 0.2) is 5.76 Å². The van der Waals surface area contributed by atoms with Gasteiger partial charge >= 0.3 is 0 Å². The molecule has 0 unspecified atom stereocenters. The van der Waals surface area contributed by atoms with Crippen LogP contribution in [0, 0.1) is 5.41 Å². The zero-order valence-electron chi connectivity index (χ0n) is 11.4. The Kier molecular flexibility index (Phi) is 4.79. The van der Waals surface area contributed by atoms with Gasteiger partial charge in [-0.15, -0.1) is 0 Å². The molecule has 3 N–H and O–H groups in total. The van der Waals surface area contributed by atoms with E-state index in [9.17, 15) is 14.7 Å². The third kappa shape index (κ3) is 3.60. The maximum atomic E-state index is 11.7. The zero-order chi connectivity index (χ0) is 14.4. The average molecular weight is 280 g/mol. The van der Waals surface area contributed by atoms with Crippen molar-refractivity contribution in [3.05, 3.63) is 24.2 Å². The molecule has 2 amide bonds. The molecule has 0 saturated heterocycles. The lowest BCUT2D eigenvalue weighted by atomic mass is 9.87. The molecule has 1 aliphatic carbocycles. The van der Waals surface area contributed by atoms with Crippen molar-refractivity contribution in [1.29, 1.82) is 0 Å². The fraction of sp³-hybridized carbons (Fsp3) is 0.571. The molecule has 2 rings (SSSR count). The quantitative estimate of drug-likeness (QED) is 0.714. The summed E-state index contributed by atoms with van der Waals surface area (Å²) in [5.41, 5.74) is -0.180. The van der Waals surface area contributed by atoms with E-state index in [2.05, 4.69) is 10.6 Å². The summed E-state index contributed by atoms with van der Waals surface area (Å²) < 4.78 is 4.93. The highest BCUT2D eigenvalue weighted by Gasteiger charge is 2.33. The van der Waals surface area contributed by atoms with E-state index in [1.165, 1.54) is 12.3 Å². The van der Waals surface area contributed by atoms with Crippen molar-refractivity contribution in [2.24, 2.45) is 5.41 Å². The Bertz CT molecular complexity index is 450. The Morgan fingerprint density at radius 1 is 1.30 bits per heavy atom. The first-order valence-electron chi connectivity index (χ1n) is 6.84. The van der Waals surface area contributed by atoms with Crippen LogP contribution in [-0.2, 0) is 4.79 Å². The van der Waals surface area contributed by atoms with Crippen LogP contribution in [0.2, 0.25) is 0 Å². The van der Waals surface area contributed by atoms with Crippen molar-refractivity contribution >= 4 is 11.8 Å². The molecule has 0 atom stereocenters. The number of carbonyl (C=O) groups excluding carboxylic acids is 2. The minimum atomic E-state index is -0.414. The maximum absolute atomic E-state index is 11.7. The summed E-state index contributed by atoms with van der Waals surface area (Å²) in [4.78, 5) is 23.3. The van der Waals surface area contributed by atoms with E-state index in [0.29, 0.717) is 6.54 Å². The molecule has 6 nitrogen and oxygen atoms in total. The van der Waals surface area contributed by atoms with Crippen molar-refractivity contribution in [3.63, 3.8) is 0 Å². The largest absolute Gasteiger partial charge is 0.459 e. The van der Waals surface area contributed by atoms with E-state index >= 15 is 0 Å². The molecule has 0 aliphatic heterocycles. The van der Waals surface area contributed by atoms with E-state index < -0.39 is 5.91 Å². The Hall–Kier alpha value is -1.82. The molecule has 1 heterocycles. The summed E-state index contributed by atoms with van der Waals surface area (Å²) in [6, 6.07) is 3.15. The van der Waals surface area contributed by atoms with Gasteiger partial charge in [-0.2, -0.15) is 0 Å². The van der Waals surface area contributed by atoms with Gasteiger partial charge in [0.2, 0.25) is 5.91 Å². The Morgan fingerprint density at radius 3 is 2.65 bits per heavy atom. The Balaban J connectivity index is 1.71. The van der Waals surface area contributed by atoms with Crippen molar-refractivity contribution in [3.8, 4) is 0 Å². The topological polar surface area (TPSA) is 91.6 Å². The lowest BCUT2D eigenvalue weighted by Gasteiger charge is -2.26. The van der Waals surface area contributed by atoms with Gasteiger partial charge < -0.3 is 20.2 Å². The molecule has 1 aliphatic rings. The molecular weight excluding hydrogens is 260 g/mol. The van der Waals surface area contributed by atoms with Gasteiger partial charge in [-0.3, -0.25) is 9.59 Å². The van der Waals surface area contributed by atoms with Crippen LogP contribution >= 0.6 is 0 Å². The Labute approximate surface area is 117 Å². The molecule has 1 aromatic rings. The standard InChI is InChI=1S/C14H20N2O4/c17-10-14(5-1-2-6-14)9-16-12(18)8-15-13(19)11-4-3-7-20-11/h3-4,7,17H,1-2,5-6,8-10H2,(H,15,19)(H,16,18). The number of rotatable bonds is 6. The molecule has 0 radical (unpaired) electrons. The van der Waals surface area contributed by atoms with Gasteiger partial charge in [-0.05, 0) is 25.0 Å². The number of aliphatic hydroxyl groups excluding tert-OH is 1. The lowest BCUT2D eigenvalue weighted by Crippen LogP contribution is -2.42. The molecule has 0 aromatic carbocycles. The van der Waals surface area contributed by atoms with E-state index in [0.717, 1.165) is 25.7 Å². The van der Waals surface area contributed by atoms with Crippen LogP contribution in [0.3, 0.4) is 0 Å². The van der Waals surface area contributed by atoms with Gasteiger partial charge in [0.1, 0.15) is 0 Å². The van der Waals surface area contributed by atoms with Crippen molar-refractivity contribution < 1.29 is 19.1 Å². The first-order chi connectivity index (χ1) is 9.65. The molecule has 1 aromatic heterocycles. The predicted molar refractivity (Wildman–Crippen MR) is 72.0 cm³/mol. The molecule has 0 bridgehead atoms. The molecule has 0 spiro atoms. The number of aliphatic hydroxyl groups is 1. The summed E-state index contributed by atoms with van der Waals surface area (Å²) in [7, 11) is 0. The van der Waals surface area contributed by atoms with E-state index in [1.807, 2.05) is 0 Å². The van der Waals surface area contributed by atoms with Crippen molar-refractivity contribution in [2.45, 2.75) is 25.7 Å². The number of nitrogens with one attached hydrogen (secondary N) is 2. The van der Waals surface area contributed by atoms with Gasteiger partial charge in [-0.1, -0.05) is 12.8 Å². The third-order valence-corrected chi connectivity index (χ3v) is 3.81. The predicted octanol–water partition coefficient (Wildman–Crippen LogP) is 0.678. The highest BCUT2D eigenvalue weighted by molar-refractivity contribution is 5.94. The first kappa shape index (κ1) is 14.6. The SMILES string of the molecule is O=C(CNC(=O)c1ccco1)NCC1(CO)CCCC1. The van der Waals surface area contributed by atoms with Crippen LogP contribution in [0.5, 0.6) is 0 Å². The minimum absolute atomic E-state index is 0.0893. The molecule has 6 heteroatoms. The molecule has 1 fully saturated rings. The molecule has 20 heavy (non-hydrogen) atoms. The van der Waals surface area contributed by atoms with E-state index in [4.69, 9.17) is 4.42 Å². The first-order valence-corrected chi connectivity index (χ1v) is 6.84. The van der Waals surface area contributed by atoms with Gasteiger partial charge in [0.25, 0.3) is 5.91 Å². The van der Waals surface area contributed by atoms with Gasteiger partial charge in [0.05, 0.1) is 19.4 Å². The normalized spacial score (nSPS) is 16.9. The number of furan rings is 1. The van der Waals surface area contributed by atoms with Crippen molar-refractivity contribution in [2.75, 3.05) is 19.7 Å². The molecule has 110 valence electrons. The third-order valence-electron chi connectivity index (χ3n) is 3.81. The second-order valence-electron chi connectivity index (χ2n) is 5.30. The summed E-state index contributed by atoms with van der Waals surface area (Å²) >= 11 is 0. The average Bonchev–Trinajstić information content (AvgIpc) is 3.14. The van der Waals surface area contributed by atoms with Crippen LogP contribution in [0.25, 0.3) is 0 Å². The summed E-state index contributed by atoms with van der Waals surface area (Å²) in [6.45, 7) is 0.450. The van der Waals surface area contributed by atoms with E-state index in [1.54, 1.807) is 6.07 Å². The van der Waals surface area contributed by atoms with Crippen LogP contribution in [-0.4, -0.2) is 36.6 Å². The second kappa shape index (κ2) is 6.56. The van der Waals surface area contributed by atoms with Crippen LogP contribution in [0.4, 0.5) is 0 Å². The maximum Gasteiger partial charge on any atom is 0.287 e. The smallest absolute Gasteiger partial charge is 0.287 e. The highest BCUT2D eigenvalue weighted by Crippen LogP contribution is 2.36. The summed E-state index contributed by atoms with van der Waals surface area (Å²) in [5.74, 6) is -0.493. The molecular formula is C14H20N2O4. The van der Waals surface area contributed by atoms with Crippen LogP contribution in [0.1, 0.15) is 36.2 Å². The number of amides is 2. The van der Waals surface area contributed by atoms with Crippen molar-refractivity contribution in [1.82, 2.24) is 10.6 Å². The monoisotopic (exact) mass is 280 g/mol. The summed E-state index contributed by atoms with van der Waals surface area (Å²) in [5, 5.41) is 14.7. The zero-order valence-corrected chi connectivity index (χ0v) is 11.4. The molecule has 1 saturated carbocycles. The number of carbonyl (C=O) groups is 2. The number of hydrogen-bond acceptors (Lipinski definition) is 4. The summed E-state index contributed by atoms with van der Waals surface area (Å²) in [6.07, 6.45) is 5.45. The Morgan fingerprint density at radius 2 is 2.05 bits per heavy atom. The van der Waals surface area contributed by atoms with E-state index in [-0.39, 0.29) is 30.2 Å². The second-order valence-corrected chi connectivity index (χ2v) is 5.30. The van der Waals surface area contributed by atoms with Crippen LogP contribution < -0.4 is 10.6 Å². The minimum Gasteiger partial charge on any atom is -0.459 e. The van der Waals surface area contributed by atoms with Gasteiger partial charge in [0, 0.05) is 12.0 Å².